The Hall–Kier alpha value is -1.32. The summed E-state index contributed by atoms with van der Waals surface area (Å²) in [5.41, 5.74) is 2.96. The lowest BCUT2D eigenvalue weighted by atomic mass is 9.72. The molecule has 0 radical (unpaired) electrons. The van der Waals surface area contributed by atoms with Gasteiger partial charge in [0.05, 0.1) is 0 Å². The first-order valence-corrected chi connectivity index (χ1v) is 10.4. The van der Waals surface area contributed by atoms with Crippen molar-refractivity contribution in [3.05, 3.63) is 47.6 Å². The van der Waals surface area contributed by atoms with Crippen molar-refractivity contribution in [1.82, 2.24) is 5.32 Å². The number of amidine groups is 2. The highest BCUT2D eigenvalue weighted by Crippen LogP contribution is 2.40. The van der Waals surface area contributed by atoms with E-state index < -0.39 is 0 Å². The zero-order chi connectivity index (χ0) is 17.9. The molecule has 0 saturated carbocycles. The van der Waals surface area contributed by atoms with Gasteiger partial charge in [0, 0.05) is 0 Å². The third-order valence-corrected chi connectivity index (χ3v) is 6.44. The summed E-state index contributed by atoms with van der Waals surface area (Å²) in [4.78, 5) is 8.28. The van der Waals surface area contributed by atoms with E-state index >= 15 is 0 Å². The Kier molecular flexibility index (Phi) is 5.66. The van der Waals surface area contributed by atoms with Gasteiger partial charge in [0.15, 0.2) is 0 Å². The van der Waals surface area contributed by atoms with Crippen LogP contribution in [0.5, 0.6) is 0 Å². The Morgan fingerprint density at radius 1 is 1.04 bits per heavy atom. The van der Waals surface area contributed by atoms with Crippen LogP contribution in [0.3, 0.4) is 0 Å². The van der Waals surface area contributed by atoms with Crippen molar-refractivity contribution in [3.8, 4) is 0 Å². The summed E-state index contributed by atoms with van der Waals surface area (Å²) >= 11 is 11.9. The van der Waals surface area contributed by atoms with E-state index in [1.807, 2.05) is 0 Å². The molecular formula is C21H25Cl2N3. The van der Waals surface area contributed by atoms with Gasteiger partial charge in [-0.25, -0.2) is 4.99 Å². The minimum atomic E-state index is -0.152. The van der Waals surface area contributed by atoms with Gasteiger partial charge in [-0.2, -0.15) is 4.99 Å². The maximum Gasteiger partial charge on any atom is 0.222 e. The summed E-state index contributed by atoms with van der Waals surface area (Å²) in [5, 5.41) is 3.66. The van der Waals surface area contributed by atoms with Crippen molar-refractivity contribution in [1.29, 1.82) is 0 Å². The molecule has 0 spiro atoms. The van der Waals surface area contributed by atoms with Crippen molar-refractivity contribution >= 4 is 33.8 Å². The molecular weight excluding hydrogens is 365 g/mol. The smallest absolute Gasteiger partial charge is 0.222 e. The summed E-state index contributed by atoms with van der Waals surface area (Å²) in [5.74, 6) is 2.21. The van der Waals surface area contributed by atoms with Crippen molar-refractivity contribution < 1.29 is 0 Å². The van der Waals surface area contributed by atoms with Crippen LogP contribution in [0.4, 0.5) is 0 Å². The quantitative estimate of drug-likeness (QED) is 0.488. The molecule has 0 saturated heterocycles. The van der Waals surface area contributed by atoms with E-state index in [-0.39, 0.29) is 11.5 Å². The number of hydrogen-bond donors (Lipinski definition) is 1. The molecule has 0 amide bonds. The van der Waals surface area contributed by atoms with Gasteiger partial charge in [-0.15, -0.1) is 0 Å². The third-order valence-electron chi connectivity index (χ3n) is 6.06. The Morgan fingerprint density at radius 2 is 1.96 bits per heavy atom. The van der Waals surface area contributed by atoms with Crippen molar-refractivity contribution in [2.75, 3.05) is 0 Å². The molecule has 5 heteroatoms. The Morgan fingerprint density at radius 3 is 2.69 bits per heavy atom. The van der Waals surface area contributed by atoms with Crippen molar-refractivity contribution in [2.24, 2.45) is 27.7 Å². The molecule has 26 heavy (non-hydrogen) atoms. The first-order valence-electron chi connectivity index (χ1n) is 9.64. The van der Waals surface area contributed by atoms with Crippen LogP contribution < -0.4 is 5.32 Å². The van der Waals surface area contributed by atoms with Gasteiger partial charge in [0.2, 0.25) is 10.6 Å². The fraction of sp³-hybridized carbons (Fsp3) is 0.524. The van der Waals surface area contributed by atoms with E-state index in [1.165, 1.54) is 37.7 Å². The summed E-state index contributed by atoms with van der Waals surface area (Å²) in [6.07, 6.45) is 22.2. The second-order valence-electron chi connectivity index (χ2n) is 7.63. The average molecular weight is 390 g/mol. The fourth-order valence-corrected chi connectivity index (χ4v) is 5.04. The lowest BCUT2D eigenvalue weighted by molar-refractivity contribution is 0.334. The van der Waals surface area contributed by atoms with E-state index in [4.69, 9.17) is 23.2 Å². The average Bonchev–Trinajstić information content (AvgIpc) is 2.68. The normalized spacial score (nSPS) is 34.4. The SMILES string of the molecule is ClC1=NC(C2=CCC(C3=CCCC(C4C=CC=CC4)C3)CC2)NC(Cl)=N1. The van der Waals surface area contributed by atoms with Gasteiger partial charge < -0.3 is 5.32 Å². The maximum atomic E-state index is 5.99. The Bertz CT molecular complexity index is 730. The molecule has 0 aromatic rings. The van der Waals surface area contributed by atoms with Crippen molar-refractivity contribution in [3.63, 3.8) is 0 Å². The van der Waals surface area contributed by atoms with Gasteiger partial charge >= 0.3 is 0 Å². The molecule has 4 atom stereocenters. The highest BCUT2D eigenvalue weighted by molar-refractivity contribution is 6.71. The summed E-state index contributed by atoms with van der Waals surface area (Å²) in [7, 11) is 0. The molecule has 0 bridgehead atoms. The van der Waals surface area contributed by atoms with Crippen LogP contribution in [0.25, 0.3) is 0 Å². The Balaban J connectivity index is 1.37. The van der Waals surface area contributed by atoms with Crippen LogP contribution in [-0.2, 0) is 0 Å². The number of nitrogens with one attached hydrogen (secondary N) is 1. The monoisotopic (exact) mass is 389 g/mol. The largest absolute Gasteiger partial charge is 0.335 e. The predicted molar refractivity (Wildman–Crippen MR) is 111 cm³/mol. The summed E-state index contributed by atoms with van der Waals surface area (Å²) in [6.45, 7) is 0. The second kappa shape index (κ2) is 8.14. The van der Waals surface area contributed by atoms with Gasteiger partial charge in [-0.05, 0) is 91.5 Å². The Labute approximate surface area is 165 Å². The van der Waals surface area contributed by atoms with Crippen molar-refractivity contribution in [2.45, 2.75) is 51.1 Å². The van der Waals surface area contributed by atoms with E-state index in [9.17, 15) is 0 Å². The molecule has 4 aliphatic rings. The number of hydrogen-bond acceptors (Lipinski definition) is 3. The molecule has 4 unspecified atom stereocenters. The van der Waals surface area contributed by atoms with E-state index in [0.717, 1.165) is 24.7 Å². The standard InChI is InChI=1S/C21H25Cl2N3/c22-20-24-19(25-21(23)26-20)16-11-9-15(10-12-16)18-8-4-7-17(13-18)14-5-2-1-3-6-14/h1-3,5,8,11,14-15,17,19H,4,6-7,9-10,12-13H2,(H,24,25,26). The topological polar surface area (TPSA) is 36.8 Å². The molecule has 4 rings (SSSR count). The third kappa shape index (κ3) is 4.15. The van der Waals surface area contributed by atoms with E-state index in [1.54, 1.807) is 5.57 Å². The minimum Gasteiger partial charge on any atom is -0.335 e. The zero-order valence-electron chi connectivity index (χ0n) is 14.9. The highest BCUT2D eigenvalue weighted by atomic mass is 35.5. The molecule has 1 heterocycles. The highest BCUT2D eigenvalue weighted by Gasteiger charge is 2.29. The maximum absolute atomic E-state index is 5.99. The van der Waals surface area contributed by atoms with Gasteiger partial charge in [-0.1, -0.05) is 42.0 Å². The first kappa shape index (κ1) is 18.1. The summed E-state index contributed by atoms with van der Waals surface area (Å²) in [6, 6.07) is 0. The minimum absolute atomic E-state index is 0.152. The summed E-state index contributed by atoms with van der Waals surface area (Å²) < 4.78 is 0. The van der Waals surface area contributed by atoms with Gasteiger partial charge in [0.25, 0.3) is 0 Å². The number of allylic oxidation sites excluding steroid dienone is 7. The van der Waals surface area contributed by atoms with Gasteiger partial charge in [-0.3, -0.25) is 0 Å². The number of rotatable bonds is 3. The molecule has 3 aliphatic carbocycles. The fourth-order valence-electron chi connectivity index (χ4n) is 4.63. The molecule has 0 aromatic carbocycles. The molecule has 0 fully saturated rings. The number of halogens is 2. The zero-order valence-corrected chi connectivity index (χ0v) is 16.4. The van der Waals surface area contributed by atoms with Crippen LogP contribution in [0, 0.1) is 17.8 Å². The predicted octanol–water partition coefficient (Wildman–Crippen LogP) is 5.69. The molecule has 138 valence electrons. The number of nitrogens with zero attached hydrogens (tertiary/aromatic N) is 2. The second-order valence-corrected chi connectivity index (χ2v) is 8.33. The lowest BCUT2D eigenvalue weighted by Crippen LogP contribution is -2.36. The van der Waals surface area contributed by atoms with E-state index in [0.29, 0.717) is 11.2 Å². The van der Waals surface area contributed by atoms with Crippen LogP contribution in [0.1, 0.15) is 44.9 Å². The molecule has 1 N–H and O–H groups in total. The van der Waals surface area contributed by atoms with Crippen LogP contribution in [0.15, 0.2) is 57.6 Å². The van der Waals surface area contributed by atoms with Crippen LogP contribution in [0.2, 0.25) is 0 Å². The molecule has 1 aliphatic heterocycles. The van der Waals surface area contributed by atoms with E-state index in [2.05, 4.69) is 51.8 Å². The molecule has 0 aromatic heterocycles. The number of aliphatic imine (C=N–C) groups is 2. The van der Waals surface area contributed by atoms with Crippen LogP contribution >= 0.6 is 23.2 Å². The lowest BCUT2D eigenvalue weighted by Gasteiger charge is -2.34. The molecule has 3 nitrogen and oxygen atoms in total. The van der Waals surface area contributed by atoms with Crippen LogP contribution in [-0.4, -0.2) is 16.8 Å². The van der Waals surface area contributed by atoms with Gasteiger partial charge in [0.1, 0.15) is 6.17 Å². The first-order chi connectivity index (χ1) is 12.7.